The third-order valence-electron chi connectivity index (χ3n) is 9.42. The van der Waals surface area contributed by atoms with E-state index in [1.807, 2.05) is 48.8 Å². The summed E-state index contributed by atoms with van der Waals surface area (Å²) in [5.41, 5.74) is 3.73. The molecule has 0 bridgehead atoms. The van der Waals surface area contributed by atoms with E-state index in [1.165, 1.54) is 0 Å². The van der Waals surface area contributed by atoms with Gasteiger partial charge in [0.05, 0.1) is 37.4 Å². The van der Waals surface area contributed by atoms with Crippen molar-refractivity contribution in [1.82, 2.24) is 9.88 Å². The highest BCUT2D eigenvalue weighted by Gasteiger charge is 2.48. The Labute approximate surface area is 309 Å². The van der Waals surface area contributed by atoms with E-state index in [9.17, 15) is 20.1 Å². The molecule has 1 aromatic heterocycles. The zero-order valence-electron chi connectivity index (χ0n) is 29.0. The lowest BCUT2D eigenvalue weighted by Crippen LogP contribution is -2.43. The smallest absolute Gasteiger partial charge is 0.225 e. The van der Waals surface area contributed by atoms with Crippen molar-refractivity contribution in [3.8, 4) is 16.9 Å². The number of nitrogens with zero attached hydrogens (tertiary/aromatic N) is 2. The number of unbranched alkanes of at least 4 members (excludes halogenated alkanes) is 3. The molecule has 1 heterocycles. The van der Waals surface area contributed by atoms with Gasteiger partial charge in [-0.2, -0.15) is 0 Å². The van der Waals surface area contributed by atoms with Gasteiger partial charge in [-0.1, -0.05) is 36.2 Å². The molecule has 2 aliphatic carbocycles. The van der Waals surface area contributed by atoms with Crippen molar-refractivity contribution in [2.75, 3.05) is 32.1 Å². The number of benzene rings is 2. The van der Waals surface area contributed by atoms with Crippen LogP contribution in [0.2, 0.25) is 5.02 Å². The molecule has 51 heavy (non-hydrogen) atoms. The Morgan fingerprint density at radius 3 is 2.45 bits per heavy atom. The molecule has 2 aliphatic rings. The highest BCUT2D eigenvalue weighted by Crippen LogP contribution is 2.53. The largest absolute Gasteiger partial charge is 0.490 e. The van der Waals surface area contributed by atoms with Crippen molar-refractivity contribution >= 4 is 29.3 Å². The molecule has 2 saturated carbocycles. The number of aliphatic hydroxyl groups excluding tert-OH is 5. The molecule has 10 nitrogen and oxygen atoms in total. The van der Waals surface area contributed by atoms with Crippen molar-refractivity contribution < 1.29 is 39.8 Å². The van der Waals surface area contributed by atoms with E-state index < -0.39 is 30.5 Å². The van der Waals surface area contributed by atoms with Gasteiger partial charge in [0.1, 0.15) is 18.0 Å². The van der Waals surface area contributed by atoms with Crippen molar-refractivity contribution in [1.29, 1.82) is 0 Å². The maximum atomic E-state index is 12.9. The summed E-state index contributed by atoms with van der Waals surface area (Å²) in [5.74, 6) is 1.44. The summed E-state index contributed by atoms with van der Waals surface area (Å²) in [6.45, 7) is 0.616. The standard InChI is InChI=1S/C39H51ClN2O8S/c40-33-13-12-29(51-21-7-1-4-18-42(19-5-6-20-43)37(47)23-34(45)38(48)35(46)25-44)22-27(33)26-49-39(15-16-39)32-24-41-17-14-30(32)31-8-2-3-9-36(31)50-28-10-11-28/h2-3,8-9,12-14,17,22,24,28,34-35,38,43-46,48H,1,4-7,10-11,15-16,18-21,23,25-26H2. The number of carbonyl (C=O) groups excluding carboxylic acids is 1. The zero-order chi connectivity index (χ0) is 36.2. The number of pyridine rings is 1. The molecule has 12 heteroatoms. The minimum Gasteiger partial charge on any atom is -0.490 e. The zero-order valence-corrected chi connectivity index (χ0v) is 30.6. The molecule has 5 N–H and O–H groups in total. The second-order valence-corrected chi connectivity index (χ2v) is 15.1. The fraction of sp³-hybridized carbons (Fsp3) is 0.538. The van der Waals surface area contributed by atoms with E-state index in [-0.39, 0.29) is 18.9 Å². The number of aromatic nitrogens is 1. The first-order chi connectivity index (χ1) is 24.7. The number of amides is 1. The molecule has 5 rings (SSSR count). The second kappa shape index (κ2) is 19.4. The summed E-state index contributed by atoms with van der Waals surface area (Å²) in [6, 6.07) is 16.3. The molecule has 278 valence electrons. The average molecular weight is 743 g/mol. The van der Waals surface area contributed by atoms with Crippen LogP contribution in [0.25, 0.3) is 11.1 Å². The minimum absolute atomic E-state index is 0.0271. The van der Waals surface area contributed by atoms with Crippen LogP contribution in [0.4, 0.5) is 0 Å². The van der Waals surface area contributed by atoms with Gasteiger partial charge in [-0.25, -0.2) is 0 Å². The molecule has 0 saturated heterocycles. The third-order valence-corrected chi connectivity index (χ3v) is 10.9. The van der Waals surface area contributed by atoms with E-state index in [4.69, 9.17) is 31.3 Å². The monoisotopic (exact) mass is 742 g/mol. The predicted molar refractivity (Wildman–Crippen MR) is 198 cm³/mol. The Morgan fingerprint density at radius 2 is 1.73 bits per heavy atom. The van der Waals surface area contributed by atoms with Crippen LogP contribution in [0, 0.1) is 0 Å². The van der Waals surface area contributed by atoms with Crippen molar-refractivity contribution in [3.05, 3.63) is 77.1 Å². The second-order valence-electron chi connectivity index (χ2n) is 13.5. The van der Waals surface area contributed by atoms with Crippen LogP contribution in [-0.2, 0) is 21.7 Å². The van der Waals surface area contributed by atoms with Crippen LogP contribution >= 0.6 is 23.4 Å². The van der Waals surface area contributed by atoms with Crippen LogP contribution < -0.4 is 4.74 Å². The molecule has 2 aromatic carbocycles. The van der Waals surface area contributed by atoms with Crippen LogP contribution in [0.15, 0.2) is 65.8 Å². The summed E-state index contributed by atoms with van der Waals surface area (Å²) in [4.78, 5) is 20.1. The summed E-state index contributed by atoms with van der Waals surface area (Å²) in [7, 11) is 0. The summed E-state index contributed by atoms with van der Waals surface area (Å²) in [6.07, 6.45) is 6.82. The fourth-order valence-electron chi connectivity index (χ4n) is 6.06. The number of para-hydroxylation sites is 1. The first kappa shape index (κ1) is 39.5. The van der Waals surface area contributed by atoms with Gasteiger partial charge in [0, 0.05) is 53.1 Å². The molecule has 3 aromatic rings. The number of thioether (sulfide) groups is 1. The number of rotatable bonds is 23. The highest BCUT2D eigenvalue weighted by atomic mass is 35.5. The molecule has 3 unspecified atom stereocenters. The minimum atomic E-state index is -1.61. The fourth-order valence-corrected chi connectivity index (χ4v) is 7.21. The highest BCUT2D eigenvalue weighted by molar-refractivity contribution is 7.99. The van der Waals surface area contributed by atoms with Gasteiger partial charge in [-0.15, -0.1) is 11.8 Å². The van der Waals surface area contributed by atoms with E-state index in [1.54, 1.807) is 16.7 Å². The maximum absolute atomic E-state index is 12.9. The lowest BCUT2D eigenvalue weighted by molar-refractivity contribution is -0.138. The van der Waals surface area contributed by atoms with E-state index in [0.29, 0.717) is 43.7 Å². The quantitative estimate of drug-likeness (QED) is 0.0624. The molecule has 2 fully saturated rings. The van der Waals surface area contributed by atoms with Gasteiger partial charge in [0.15, 0.2) is 0 Å². The summed E-state index contributed by atoms with van der Waals surface area (Å²) in [5, 5.41) is 48.6. The Balaban J connectivity index is 1.11. The van der Waals surface area contributed by atoms with E-state index in [2.05, 4.69) is 17.1 Å². The van der Waals surface area contributed by atoms with Crippen molar-refractivity contribution in [3.63, 3.8) is 0 Å². The van der Waals surface area contributed by atoms with Gasteiger partial charge >= 0.3 is 0 Å². The number of aliphatic hydroxyl groups is 5. The number of hydrogen-bond donors (Lipinski definition) is 5. The van der Waals surface area contributed by atoms with E-state index in [0.717, 1.165) is 83.6 Å². The molecule has 0 radical (unpaired) electrons. The Kier molecular flexibility index (Phi) is 15.0. The van der Waals surface area contributed by atoms with Gasteiger partial charge in [0.2, 0.25) is 5.91 Å². The number of halogens is 1. The van der Waals surface area contributed by atoms with Crippen molar-refractivity contribution in [2.24, 2.45) is 0 Å². The number of ether oxygens (including phenoxy) is 2. The predicted octanol–water partition coefficient (Wildman–Crippen LogP) is 5.48. The van der Waals surface area contributed by atoms with Gasteiger partial charge in [0.25, 0.3) is 0 Å². The summed E-state index contributed by atoms with van der Waals surface area (Å²) >= 11 is 8.40. The van der Waals surface area contributed by atoms with E-state index >= 15 is 0 Å². The molecular weight excluding hydrogens is 692 g/mol. The molecule has 3 atom stereocenters. The maximum Gasteiger partial charge on any atom is 0.225 e. The lowest BCUT2D eigenvalue weighted by atomic mass is 9.96. The lowest BCUT2D eigenvalue weighted by Gasteiger charge is -2.26. The number of carbonyl (C=O) groups is 1. The average Bonchev–Trinajstić information content (AvgIpc) is 4.09. The van der Waals surface area contributed by atoms with Gasteiger partial charge in [-0.3, -0.25) is 9.78 Å². The van der Waals surface area contributed by atoms with Crippen LogP contribution in [0.5, 0.6) is 5.75 Å². The molecule has 1 amide bonds. The van der Waals surface area contributed by atoms with Gasteiger partial charge in [-0.05, 0) is 98.6 Å². The topological polar surface area (TPSA) is 153 Å². The van der Waals surface area contributed by atoms with Crippen LogP contribution in [0.3, 0.4) is 0 Å². The Morgan fingerprint density at radius 1 is 0.961 bits per heavy atom. The third kappa shape index (κ3) is 11.4. The molecule has 0 spiro atoms. The first-order valence-electron chi connectivity index (χ1n) is 18.0. The SMILES string of the molecule is O=C(CC(O)C(O)C(O)CO)N(CCCCO)CCCCCSc1ccc(Cl)c(COC2(c3cnccc3-c3ccccc3OC3CC3)CC2)c1. The molecular formula is C39H51ClN2O8S. The van der Waals surface area contributed by atoms with Crippen molar-refractivity contribution in [2.45, 2.75) is 106 Å². The Hall–Kier alpha value is -2.74. The molecule has 0 aliphatic heterocycles. The van der Waals surface area contributed by atoms with Crippen LogP contribution in [-0.4, -0.2) is 97.8 Å². The normalized spacial score (nSPS) is 16.7. The summed E-state index contributed by atoms with van der Waals surface area (Å²) < 4.78 is 12.9. The van der Waals surface area contributed by atoms with Crippen LogP contribution in [0.1, 0.15) is 75.3 Å². The number of hydrogen-bond acceptors (Lipinski definition) is 10. The Bertz CT molecular complexity index is 1560. The van der Waals surface area contributed by atoms with Gasteiger partial charge < -0.3 is 39.9 Å². The first-order valence-corrected chi connectivity index (χ1v) is 19.4.